The van der Waals surface area contributed by atoms with Crippen LogP contribution < -0.4 is 10.1 Å². The molecule has 0 bridgehead atoms. The molecule has 1 saturated heterocycles. The lowest BCUT2D eigenvalue weighted by molar-refractivity contribution is -0.121. The average molecular weight is 377 g/mol. The lowest BCUT2D eigenvalue weighted by Crippen LogP contribution is -2.39. The molecule has 1 aromatic carbocycles. The van der Waals surface area contributed by atoms with Crippen molar-refractivity contribution < 1.29 is 22.5 Å². The van der Waals surface area contributed by atoms with Crippen LogP contribution in [0.4, 0.5) is 0 Å². The Morgan fingerprint density at radius 3 is 2.96 bits per heavy atom. The smallest absolute Gasteiger partial charge is 0.247 e. The van der Waals surface area contributed by atoms with Crippen molar-refractivity contribution in [3.63, 3.8) is 0 Å². The van der Waals surface area contributed by atoms with Gasteiger partial charge in [0.15, 0.2) is 0 Å². The van der Waals surface area contributed by atoms with Gasteiger partial charge in [0.05, 0.1) is 18.2 Å². The van der Waals surface area contributed by atoms with E-state index in [1.807, 2.05) is 0 Å². The maximum atomic E-state index is 12.9. The number of rotatable bonds is 3. The molecule has 0 unspecified atom stereocenters. The summed E-state index contributed by atoms with van der Waals surface area (Å²) in [4.78, 5) is 12.4. The summed E-state index contributed by atoms with van der Waals surface area (Å²) in [5, 5.41) is 6.64. The number of hydrogen-bond acceptors (Lipinski definition) is 6. The molecular formula is C17H19N3O5S. The number of hydrogen-bond donors (Lipinski definition) is 1. The maximum Gasteiger partial charge on any atom is 0.247 e. The highest BCUT2D eigenvalue weighted by molar-refractivity contribution is 7.89. The standard InChI is InChI=1S/C17H19N3O5S/c1-11-6-14(25-19-11)8-17(21)18-12-7-13-10-24-15-4-2-3-5-16(15)26(22,23)20(13)9-12/h2-6,12-13H,7-10H2,1H3,(H,18,21)/t12-,13-/m0/s1. The molecule has 0 aliphatic carbocycles. The molecule has 4 rings (SSSR count). The number of carbonyl (C=O) groups is 1. The van der Waals surface area contributed by atoms with Crippen molar-refractivity contribution in [2.75, 3.05) is 13.2 Å². The molecule has 2 aromatic rings. The van der Waals surface area contributed by atoms with Crippen molar-refractivity contribution in [2.24, 2.45) is 0 Å². The van der Waals surface area contributed by atoms with Crippen LogP contribution in [0.1, 0.15) is 17.9 Å². The lowest BCUT2D eigenvalue weighted by atomic mass is 10.1. The molecule has 1 fully saturated rings. The number of nitrogens with zero attached hydrogens (tertiary/aromatic N) is 2. The molecule has 1 aromatic heterocycles. The van der Waals surface area contributed by atoms with Gasteiger partial charge in [0, 0.05) is 18.7 Å². The highest BCUT2D eigenvalue weighted by Crippen LogP contribution is 2.35. The summed E-state index contributed by atoms with van der Waals surface area (Å²) >= 11 is 0. The molecule has 2 aliphatic heterocycles. The van der Waals surface area contributed by atoms with E-state index in [9.17, 15) is 13.2 Å². The minimum atomic E-state index is -3.65. The number of nitrogens with one attached hydrogen (secondary N) is 1. The third kappa shape index (κ3) is 3.08. The van der Waals surface area contributed by atoms with Gasteiger partial charge in [0.2, 0.25) is 15.9 Å². The fourth-order valence-electron chi connectivity index (χ4n) is 3.47. The predicted molar refractivity (Wildman–Crippen MR) is 91.1 cm³/mol. The lowest BCUT2D eigenvalue weighted by Gasteiger charge is -2.19. The van der Waals surface area contributed by atoms with Crippen molar-refractivity contribution in [1.29, 1.82) is 0 Å². The topological polar surface area (TPSA) is 102 Å². The van der Waals surface area contributed by atoms with E-state index in [0.29, 0.717) is 23.6 Å². The second-order valence-electron chi connectivity index (χ2n) is 6.60. The normalized spacial score (nSPS) is 24.2. The molecule has 3 heterocycles. The molecule has 9 heteroatoms. The van der Waals surface area contributed by atoms with Crippen LogP contribution in [0.15, 0.2) is 39.8 Å². The van der Waals surface area contributed by atoms with Gasteiger partial charge in [-0.05, 0) is 25.5 Å². The molecule has 1 amide bonds. The summed E-state index contributed by atoms with van der Waals surface area (Å²) in [5.74, 6) is 0.642. The Kier molecular flexibility index (Phi) is 4.20. The highest BCUT2D eigenvalue weighted by Gasteiger charge is 2.44. The summed E-state index contributed by atoms with van der Waals surface area (Å²) in [5.41, 5.74) is 0.712. The first-order chi connectivity index (χ1) is 12.4. The van der Waals surface area contributed by atoms with Crippen LogP contribution in [0.2, 0.25) is 0 Å². The van der Waals surface area contributed by atoms with E-state index >= 15 is 0 Å². The van der Waals surface area contributed by atoms with E-state index in [1.54, 1.807) is 37.3 Å². The van der Waals surface area contributed by atoms with Crippen molar-refractivity contribution in [1.82, 2.24) is 14.8 Å². The van der Waals surface area contributed by atoms with Crippen LogP contribution in [-0.4, -0.2) is 49.0 Å². The zero-order chi connectivity index (χ0) is 18.3. The largest absolute Gasteiger partial charge is 0.490 e. The van der Waals surface area contributed by atoms with Crippen LogP contribution in [-0.2, 0) is 21.2 Å². The molecule has 1 N–H and O–H groups in total. The minimum absolute atomic E-state index is 0.0775. The zero-order valence-corrected chi connectivity index (χ0v) is 15.0. The highest BCUT2D eigenvalue weighted by atomic mass is 32.2. The quantitative estimate of drug-likeness (QED) is 0.851. The fourth-order valence-corrected chi connectivity index (χ4v) is 5.27. The second kappa shape index (κ2) is 6.40. The Labute approximate surface area is 151 Å². The zero-order valence-electron chi connectivity index (χ0n) is 14.2. The Balaban J connectivity index is 1.47. The maximum absolute atomic E-state index is 12.9. The first kappa shape index (κ1) is 17.0. The Morgan fingerprint density at radius 2 is 2.19 bits per heavy atom. The van der Waals surface area contributed by atoms with E-state index in [2.05, 4.69) is 10.5 Å². The fraction of sp³-hybridized carbons (Fsp3) is 0.412. The second-order valence-corrected chi connectivity index (χ2v) is 8.46. The van der Waals surface area contributed by atoms with Crippen LogP contribution in [0.3, 0.4) is 0 Å². The predicted octanol–water partition coefficient (Wildman–Crippen LogP) is 0.866. The Hall–Kier alpha value is -2.39. The van der Waals surface area contributed by atoms with Crippen molar-refractivity contribution in [3.8, 4) is 5.75 Å². The van der Waals surface area contributed by atoms with Gasteiger partial charge in [-0.15, -0.1) is 0 Å². The molecule has 138 valence electrons. The number of carbonyl (C=O) groups excluding carboxylic acids is 1. The third-order valence-corrected chi connectivity index (χ3v) is 6.57. The van der Waals surface area contributed by atoms with Gasteiger partial charge in [-0.1, -0.05) is 17.3 Å². The van der Waals surface area contributed by atoms with E-state index in [4.69, 9.17) is 9.26 Å². The Bertz CT molecular complexity index is 939. The van der Waals surface area contributed by atoms with Crippen molar-refractivity contribution in [3.05, 3.63) is 41.8 Å². The number of aryl methyl sites for hydroxylation is 1. The first-order valence-electron chi connectivity index (χ1n) is 8.39. The summed E-state index contributed by atoms with van der Waals surface area (Å²) < 4.78 is 38.1. The van der Waals surface area contributed by atoms with Gasteiger partial charge < -0.3 is 14.6 Å². The van der Waals surface area contributed by atoms with Gasteiger partial charge in [-0.25, -0.2) is 8.42 Å². The SMILES string of the molecule is Cc1cc(CC(=O)N[C@H]2C[C@H]3COc4ccccc4S(=O)(=O)N3C2)on1. The van der Waals surface area contributed by atoms with Gasteiger partial charge >= 0.3 is 0 Å². The minimum Gasteiger partial charge on any atom is -0.490 e. The molecule has 26 heavy (non-hydrogen) atoms. The number of fused-ring (bicyclic) bond motifs is 2. The summed E-state index contributed by atoms with van der Waals surface area (Å²) in [6.45, 7) is 2.28. The third-order valence-electron chi connectivity index (χ3n) is 4.61. The number of aromatic nitrogens is 1. The molecule has 0 radical (unpaired) electrons. The van der Waals surface area contributed by atoms with Crippen molar-refractivity contribution >= 4 is 15.9 Å². The van der Waals surface area contributed by atoms with Gasteiger partial charge in [-0.3, -0.25) is 4.79 Å². The summed E-state index contributed by atoms with van der Waals surface area (Å²) in [6, 6.07) is 7.77. The van der Waals surface area contributed by atoms with Gasteiger partial charge in [0.1, 0.15) is 23.0 Å². The monoisotopic (exact) mass is 377 g/mol. The molecule has 2 atom stereocenters. The van der Waals surface area contributed by atoms with E-state index in [0.717, 1.165) is 0 Å². The number of para-hydroxylation sites is 1. The van der Waals surface area contributed by atoms with Crippen LogP contribution >= 0.6 is 0 Å². The first-order valence-corrected chi connectivity index (χ1v) is 9.83. The molecular weight excluding hydrogens is 358 g/mol. The van der Waals surface area contributed by atoms with E-state index in [1.165, 1.54) is 4.31 Å². The van der Waals surface area contributed by atoms with Crippen LogP contribution in [0.5, 0.6) is 5.75 Å². The summed E-state index contributed by atoms with van der Waals surface area (Å²) in [7, 11) is -3.65. The number of amides is 1. The summed E-state index contributed by atoms with van der Waals surface area (Å²) in [6.07, 6.45) is 0.586. The van der Waals surface area contributed by atoms with Gasteiger partial charge in [0.25, 0.3) is 0 Å². The molecule has 0 spiro atoms. The average Bonchev–Trinajstić information content (AvgIpc) is 3.17. The number of benzene rings is 1. The van der Waals surface area contributed by atoms with Crippen LogP contribution in [0.25, 0.3) is 0 Å². The number of sulfonamides is 1. The Morgan fingerprint density at radius 1 is 1.38 bits per heavy atom. The molecule has 8 nitrogen and oxygen atoms in total. The van der Waals surface area contributed by atoms with E-state index in [-0.39, 0.29) is 42.5 Å². The van der Waals surface area contributed by atoms with Gasteiger partial charge in [-0.2, -0.15) is 4.31 Å². The molecule has 2 aliphatic rings. The number of ether oxygens (including phenoxy) is 1. The van der Waals surface area contributed by atoms with Crippen molar-refractivity contribution in [2.45, 2.75) is 36.7 Å². The molecule has 0 saturated carbocycles. The van der Waals surface area contributed by atoms with E-state index < -0.39 is 10.0 Å². The van der Waals surface area contributed by atoms with Crippen LogP contribution in [0, 0.1) is 6.92 Å².